The summed E-state index contributed by atoms with van der Waals surface area (Å²) in [4.78, 5) is 16.2. The van der Waals surface area contributed by atoms with Crippen LogP contribution in [0.4, 0.5) is 0 Å². The highest BCUT2D eigenvalue weighted by Crippen LogP contribution is 2.29. The number of fused-ring (bicyclic) bond motifs is 1. The number of carbonyl (C=O) groups excluding carboxylic acids is 1. The Kier molecular flexibility index (Phi) is 6.16. The number of halogens is 1. The van der Waals surface area contributed by atoms with Gasteiger partial charge >= 0.3 is 0 Å². The number of carbonyl (C=O) groups is 1. The second kappa shape index (κ2) is 8.85. The number of thiocarbonyl (C=S) groups is 1. The molecular weight excluding hydrogens is 474 g/mol. The van der Waals surface area contributed by atoms with Crippen LogP contribution in [0, 0.1) is 6.92 Å². The largest absolute Gasteiger partial charge is 0.491 e. The number of likely N-dealkylation sites (N-methyl/N-ethyl adjacent to an activating group) is 2. The molecule has 2 aromatic carbocycles. The molecule has 7 heteroatoms. The third kappa shape index (κ3) is 4.12. The van der Waals surface area contributed by atoms with E-state index in [1.807, 2.05) is 57.3 Å². The van der Waals surface area contributed by atoms with Gasteiger partial charge in [-0.15, -0.1) is 0 Å². The van der Waals surface area contributed by atoms with Crippen LogP contribution in [0.1, 0.15) is 18.1 Å². The summed E-state index contributed by atoms with van der Waals surface area (Å²) in [6.07, 6.45) is 4.00. The summed E-state index contributed by atoms with van der Waals surface area (Å²) in [6.45, 7) is 5.77. The Hall–Kier alpha value is -2.64. The van der Waals surface area contributed by atoms with Crippen LogP contribution in [0.5, 0.6) is 5.75 Å². The lowest BCUT2D eigenvalue weighted by Gasteiger charge is -2.13. The topological polar surface area (TPSA) is 37.7 Å². The van der Waals surface area contributed by atoms with Crippen LogP contribution in [-0.4, -0.2) is 45.6 Å². The van der Waals surface area contributed by atoms with E-state index in [-0.39, 0.29) is 5.91 Å². The fourth-order valence-corrected chi connectivity index (χ4v) is 4.48. The summed E-state index contributed by atoms with van der Waals surface area (Å²) in [5, 5.41) is 1.61. The van der Waals surface area contributed by atoms with E-state index >= 15 is 0 Å². The van der Waals surface area contributed by atoms with E-state index < -0.39 is 0 Å². The predicted octanol–water partition coefficient (Wildman–Crippen LogP) is 5.21. The van der Waals surface area contributed by atoms with Crippen molar-refractivity contribution >= 4 is 56.1 Å². The molecule has 0 atom stereocenters. The molecule has 0 unspecified atom stereocenters. The molecule has 160 valence electrons. The van der Waals surface area contributed by atoms with Crippen LogP contribution in [0.15, 0.2) is 58.8 Å². The van der Waals surface area contributed by atoms with E-state index in [1.165, 1.54) is 0 Å². The molecule has 0 saturated carbocycles. The van der Waals surface area contributed by atoms with Crippen molar-refractivity contribution in [2.75, 3.05) is 20.2 Å². The summed E-state index contributed by atoms with van der Waals surface area (Å²) in [6, 6.07) is 14.2. The highest BCUT2D eigenvalue weighted by atomic mass is 79.9. The highest BCUT2D eigenvalue weighted by molar-refractivity contribution is 9.10. The monoisotopic (exact) mass is 497 g/mol. The second-order valence-corrected chi connectivity index (χ2v) is 8.75. The van der Waals surface area contributed by atoms with Gasteiger partial charge in [-0.25, -0.2) is 0 Å². The van der Waals surface area contributed by atoms with E-state index in [2.05, 4.69) is 38.8 Å². The third-order valence-corrected chi connectivity index (χ3v) is 6.50. The summed E-state index contributed by atoms with van der Waals surface area (Å²) in [7, 11) is 1.84. The molecule has 1 aliphatic heterocycles. The molecule has 0 radical (unpaired) electrons. The molecule has 0 aliphatic carbocycles. The van der Waals surface area contributed by atoms with Crippen molar-refractivity contribution < 1.29 is 9.53 Å². The van der Waals surface area contributed by atoms with Crippen LogP contribution in [0.3, 0.4) is 0 Å². The second-order valence-electron chi connectivity index (χ2n) is 7.47. The zero-order valence-corrected chi connectivity index (χ0v) is 20.2. The Morgan fingerprint density at radius 2 is 1.97 bits per heavy atom. The number of nitrogens with zero attached hydrogens (tertiary/aromatic N) is 3. The van der Waals surface area contributed by atoms with Crippen molar-refractivity contribution in [3.05, 3.63) is 70.0 Å². The quantitative estimate of drug-likeness (QED) is 0.346. The van der Waals surface area contributed by atoms with Gasteiger partial charge in [0.2, 0.25) is 0 Å². The van der Waals surface area contributed by atoms with Crippen LogP contribution in [0.2, 0.25) is 0 Å². The first-order chi connectivity index (χ1) is 14.9. The van der Waals surface area contributed by atoms with Crippen molar-refractivity contribution in [3.8, 4) is 5.75 Å². The van der Waals surface area contributed by atoms with Crippen LogP contribution in [-0.2, 0) is 11.3 Å². The van der Waals surface area contributed by atoms with Crippen molar-refractivity contribution in [1.29, 1.82) is 0 Å². The number of para-hydroxylation sites is 1. The molecule has 31 heavy (non-hydrogen) atoms. The molecule has 0 spiro atoms. The minimum absolute atomic E-state index is 0.0613. The Bertz CT molecular complexity index is 1200. The third-order valence-electron chi connectivity index (χ3n) is 5.51. The number of rotatable bonds is 6. The SMILES string of the molecule is CCN1C(=O)/C(=C/c2cn(CCOc3ccccc3C)c3ccc(Br)cc23)N(C)C1=S. The molecule has 1 saturated heterocycles. The predicted molar refractivity (Wildman–Crippen MR) is 132 cm³/mol. The van der Waals surface area contributed by atoms with E-state index in [4.69, 9.17) is 17.0 Å². The van der Waals surface area contributed by atoms with E-state index in [1.54, 1.807) is 9.80 Å². The Balaban J connectivity index is 1.66. The molecular formula is C24H24BrN3O2S. The van der Waals surface area contributed by atoms with E-state index in [0.717, 1.165) is 32.3 Å². The van der Waals surface area contributed by atoms with Gasteiger partial charge in [-0.05, 0) is 62.0 Å². The van der Waals surface area contributed by atoms with E-state index in [9.17, 15) is 4.79 Å². The van der Waals surface area contributed by atoms with Crippen molar-refractivity contribution in [1.82, 2.24) is 14.4 Å². The van der Waals surface area contributed by atoms with Crippen molar-refractivity contribution in [2.45, 2.75) is 20.4 Å². The summed E-state index contributed by atoms with van der Waals surface area (Å²) < 4.78 is 9.16. The number of aromatic nitrogens is 1. The lowest BCUT2D eigenvalue weighted by atomic mass is 10.1. The van der Waals surface area contributed by atoms with Gasteiger partial charge < -0.3 is 14.2 Å². The molecule has 0 bridgehead atoms. The first-order valence-electron chi connectivity index (χ1n) is 10.2. The van der Waals surface area contributed by atoms with Crippen molar-refractivity contribution in [2.24, 2.45) is 0 Å². The average molecular weight is 498 g/mol. The first kappa shape index (κ1) is 21.6. The normalized spacial score (nSPS) is 15.5. The Labute approximate surface area is 196 Å². The van der Waals surface area contributed by atoms with Gasteiger partial charge in [0.1, 0.15) is 18.1 Å². The molecule has 3 aromatic rings. The molecule has 1 aromatic heterocycles. The maximum atomic E-state index is 12.8. The smallest absolute Gasteiger partial charge is 0.276 e. The Morgan fingerprint density at radius 3 is 2.68 bits per heavy atom. The molecule has 5 nitrogen and oxygen atoms in total. The zero-order valence-electron chi connectivity index (χ0n) is 17.8. The zero-order chi connectivity index (χ0) is 22.1. The molecule has 1 fully saturated rings. The number of ether oxygens (including phenoxy) is 1. The molecule has 1 aliphatic rings. The lowest BCUT2D eigenvalue weighted by molar-refractivity contribution is -0.122. The van der Waals surface area contributed by atoms with E-state index in [0.29, 0.717) is 30.5 Å². The molecule has 1 amide bonds. The van der Waals surface area contributed by atoms with Gasteiger partial charge in [0.15, 0.2) is 5.11 Å². The average Bonchev–Trinajstić information content (AvgIpc) is 3.19. The summed E-state index contributed by atoms with van der Waals surface area (Å²) in [5.74, 6) is 0.837. The fraction of sp³-hybridized carbons (Fsp3) is 0.250. The summed E-state index contributed by atoms with van der Waals surface area (Å²) in [5.41, 5.74) is 3.77. The first-order valence-corrected chi connectivity index (χ1v) is 11.4. The molecule has 4 rings (SSSR count). The standard InChI is InChI=1S/C24H24BrN3O2S/c1-4-28-23(29)21(26(3)24(28)31)13-17-15-27(20-10-9-18(25)14-19(17)20)11-12-30-22-8-6-5-7-16(22)2/h5-10,13-15H,4,11-12H2,1-3H3/b21-13-. The van der Waals surface area contributed by atoms with Gasteiger partial charge in [0.25, 0.3) is 5.91 Å². The van der Waals surface area contributed by atoms with Crippen LogP contribution >= 0.6 is 28.1 Å². The minimum atomic E-state index is -0.0613. The molecule has 2 heterocycles. The van der Waals surface area contributed by atoms with Gasteiger partial charge in [-0.1, -0.05) is 34.1 Å². The fourth-order valence-electron chi connectivity index (χ4n) is 3.81. The van der Waals surface area contributed by atoms with Gasteiger partial charge in [-0.2, -0.15) is 0 Å². The van der Waals surface area contributed by atoms with Crippen LogP contribution in [0.25, 0.3) is 17.0 Å². The summed E-state index contributed by atoms with van der Waals surface area (Å²) >= 11 is 9.00. The molecule has 0 N–H and O–H groups in total. The maximum absolute atomic E-state index is 12.8. The van der Waals surface area contributed by atoms with Gasteiger partial charge in [-0.3, -0.25) is 9.69 Å². The number of aryl methyl sites for hydroxylation is 1. The highest BCUT2D eigenvalue weighted by Gasteiger charge is 2.34. The lowest BCUT2D eigenvalue weighted by Crippen LogP contribution is -2.30. The maximum Gasteiger partial charge on any atom is 0.276 e. The van der Waals surface area contributed by atoms with Gasteiger partial charge in [0.05, 0.1) is 6.54 Å². The number of hydrogen-bond donors (Lipinski definition) is 0. The van der Waals surface area contributed by atoms with Gasteiger partial charge in [0, 0.05) is 40.7 Å². The van der Waals surface area contributed by atoms with Crippen LogP contribution < -0.4 is 4.74 Å². The minimum Gasteiger partial charge on any atom is -0.491 e. The number of benzene rings is 2. The number of hydrogen-bond acceptors (Lipinski definition) is 3. The Morgan fingerprint density at radius 1 is 1.19 bits per heavy atom. The van der Waals surface area contributed by atoms with Crippen molar-refractivity contribution in [3.63, 3.8) is 0 Å². The number of amides is 1.